The molecule has 1 unspecified atom stereocenters. The topological polar surface area (TPSA) is 37.4 Å². The van der Waals surface area contributed by atoms with E-state index in [0.717, 1.165) is 5.56 Å². The fraction of sp³-hybridized carbons (Fsp3) is 0.222. The molecule has 0 saturated heterocycles. The van der Waals surface area contributed by atoms with Gasteiger partial charge in [0.1, 0.15) is 0 Å². The van der Waals surface area contributed by atoms with E-state index in [2.05, 4.69) is 0 Å². The van der Waals surface area contributed by atoms with Gasteiger partial charge in [-0.25, -0.2) is 0 Å². The molecule has 0 N–H and O–H groups in total. The number of carbonyl (C=O) groups excluding carboxylic acids is 2. The minimum atomic E-state index is -0.256. The largest absolute Gasteiger partial charge is 0.269 e. The van der Waals surface area contributed by atoms with Gasteiger partial charge in [0.15, 0.2) is 0 Å². The van der Waals surface area contributed by atoms with E-state index in [4.69, 9.17) is 0 Å². The van der Waals surface area contributed by atoms with Crippen molar-refractivity contribution < 1.29 is 9.59 Å². The third-order valence-corrected chi connectivity index (χ3v) is 3.49. The molecule has 1 atom stereocenters. The zero-order valence-electron chi connectivity index (χ0n) is 12.5. The van der Waals surface area contributed by atoms with Gasteiger partial charge in [-0.15, -0.1) is 0 Å². The summed E-state index contributed by atoms with van der Waals surface area (Å²) in [7, 11) is 0. The summed E-state index contributed by atoms with van der Waals surface area (Å²) >= 11 is 0. The van der Waals surface area contributed by atoms with Crippen molar-refractivity contribution in [1.29, 1.82) is 0 Å². The van der Waals surface area contributed by atoms with Gasteiger partial charge in [0.05, 0.1) is 17.2 Å². The normalized spacial score (nSPS) is 14.3. The molecule has 1 heterocycles. The van der Waals surface area contributed by atoms with E-state index in [1.54, 1.807) is 24.3 Å². The second kappa shape index (κ2) is 6.35. The van der Waals surface area contributed by atoms with Crippen molar-refractivity contribution in [2.45, 2.75) is 26.8 Å². The number of imide groups is 1. The van der Waals surface area contributed by atoms with Crippen LogP contribution in [0.25, 0.3) is 0 Å². The van der Waals surface area contributed by atoms with Crippen LogP contribution in [-0.2, 0) is 0 Å². The van der Waals surface area contributed by atoms with E-state index in [0.29, 0.717) is 11.1 Å². The van der Waals surface area contributed by atoms with Gasteiger partial charge >= 0.3 is 0 Å². The number of fused-ring (bicyclic) bond motifs is 1. The summed E-state index contributed by atoms with van der Waals surface area (Å²) in [5, 5.41) is 0. The molecule has 0 radical (unpaired) electrons. The third kappa shape index (κ3) is 2.59. The maximum atomic E-state index is 12.3. The molecule has 3 nitrogen and oxygen atoms in total. The van der Waals surface area contributed by atoms with Crippen molar-refractivity contribution in [2.75, 3.05) is 0 Å². The smallest absolute Gasteiger partial charge is 0.262 e. The lowest BCUT2D eigenvalue weighted by molar-refractivity contribution is 0.0595. The van der Waals surface area contributed by atoms with Gasteiger partial charge in [-0.2, -0.15) is 0 Å². The number of benzene rings is 2. The van der Waals surface area contributed by atoms with Gasteiger partial charge in [-0.05, 0) is 24.6 Å². The summed E-state index contributed by atoms with van der Waals surface area (Å²) < 4.78 is 0. The van der Waals surface area contributed by atoms with Crippen molar-refractivity contribution in [1.82, 2.24) is 4.90 Å². The second-order valence-corrected chi connectivity index (χ2v) is 4.61. The summed E-state index contributed by atoms with van der Waals surface area (Å²) in [5.74, 6) is -0.422. The highest BCUT2D eigenvalue weighted by molar-refractivity contribution is 6.21. The van der Waals surface area contributed by atoms with Crippen molar-refractivity contribution in [2.24, 2.45) is 0 Å². The Morgan fingerprint density at radius 3 is 1.67 bits per heavy atom. The maximum Gasteiger partial charge on any atom is 0.262 e. The minimum absolute atomic E-state index is 0.211. The van der Waals surface area contributed by atoms with Crippen molar-refractivity contribution in [3.63, 3.8) is 0 Å². The molecule has 3 rings (SSSR count). The van der Waals surface area contributed by atoms with Crippen LogP contribution in [0, 0.1) is 0 Å². The van der Waals surface area contributed by atoms with E-state index >= 15 is 0 Å². The van der Waals surface area contributed by atoms with E-state index in [9.17, 15) is 9.59 Å². The first-order valence-corrected chi connectivity index (χ1v) is 7.22. The quantitative estimate of drug-likeness (QED) is 0.778. The molecule has 2 aromatic carbocycles. The molecule has 108 valence electrons. The molecule has 0 saturated carbocycles. The number of nitrogens with zero attached hydrogens (tertiary/aromatic N) is 1. The zero-order chi connectivity index (χ0) is 15.4. The third-order valence-electron chi connectivity index (χ3n) is 3.49. The molecule has 2 aromatic rings. The fourth-order valence-corrected chi connectivity index (χ4v) is 2.44. The van der Waals surface area contributed by atoms with Crippen LogP contribution in [0.1, 0.15) is 53.1 Å². The predicted molar refractivity (Wildman–Crippen MR) is 83.1 cm³/mol. The second-order valence-electron chi connectivity index (χ2n) is 4.61. The SMILES string of the molecule is CC.CC(c1ccccc1)N1C(=O)c2ccccc2C1=O. The maximum absolute atomic E-state index is 12.3. The summed E-state index contributed by atoms with van der Waals surface area (Å²) in [6.45, 7) is 5.87. The van der Waals surface area contributed by atoms with E-state index in [-0.39, 0.29) is 17.9 Å². The van der Waals surface area contributed by atoms with Gasteiger partial charge in [-0.3, -0.25) is 14.5 Å². The highest BCUT2D eigenvalue weighted by Gasteiger charge is 2.38. The first-order valence-electron chi connectivity index (χ1n) is 7.22. The first kappa shape index (κ1) is 15.0. The molecule has 2 amide bonds. The van der Waals surface area contributed by atoms with Crippen molar-refractivity contribution in [3.8, 4) is 0 Å². The molecule has 1 aliphatic heterocycles. The van der Waals surface area contributed by atoms with E-state index < -0.39 is 0 Å². The molecule has 3 heteroatoms. The van der Waals surface area contributed by atoms with Crippen LogP contribution in [0.3, 0.4) is 0 Å². The van der Waals surface area contributed by atoms with Crippen LogP contribution in [0.15, 0.2) is 54.6 Å². The van der Waals surface area contributed by atoms with Crippen molar-refractivity contribution >= 4 is 11.8 Å². The van der Waals surface area contributed by atoms with Crippen LogP contribution in [-0.4, -0.2) is 16.7 Å². The van der Waals surface area contributed by atoms with Crippen molar-refractivity contribution in [3.05, 3.63) is 71.3 Å². The molecule has 0 spiro atoms. The minimum Gasteiger partial charge on any atom is -0.269 e. The predicted octanol–water partition coefficient (Wildman–Crippen LogP) is 4.07. The van der Waals surface area contributed by atoms with E-state index in [1.165, 1.54) is 4.90 Å². The van der Waals surface area contributed by atoms with Gasteiger partial charge in [0, 0.05) is 0 Å². The van der Waals surface area contributed by atoms with Gasteiger partial charge in [-0.1, -0.05) is 56.3 Å². The highest BCUT2D eigenvalue weighted by Crippen LogP contribution is 2.30. The Hall–Kier alpha value is -2.42. The Balaban J connectivity index is 0.000000774. The number of amides is 2. The van der Waals surface area contributed by atoms with Crippen LogP contribution in [0.2, 0.25) is 0 Å². The van der Waals surface area contributed by atoms with E-state index in [1.807, 2.05) is 51.1 Å². The Morgan fingerprint density at radius 2 is 1.19 bits per heavy atom. The van der Waals surface area contributed by atoms with Gasteiger partial charge < -0.3 is 0 Å². The lowest BCUT2D eigenvalue weighted by Crippen LogP contribution is -2.32. The van der Waals surface area contributed by atoms with Gasteiger partial charge in [0.2, 0.25) is 0 Å². The highest BCUT2D eigenvalue weighted by atomic mass is 16.2. The van der Waals surface area contributed by atoms with Crippen LogP contribution >= 0.6 is 0 Å². The summed E-state index contributed by atoms with van der Waals surface area (Å²) in [5.41, 5.74) is 1.95. The monoisotopic (exact) mass is 281 g/mol. The Labute approximate surface area is 125 Å². The molecular weight excluding hydrogens is 262 g/mol. The Kier molecular flexibility index (Phi) is 4.53. The summed E-state index contributed by atoms with van der Waals surface area (Å²) in [6, 6.07) is 16.3. The molecule has 0 aliphatic carbocycles. The number of carbonyl (C=O) groups is 2. The Bertz CT molecular complexity index is 614. The first-order chi connectivity index (χ1) is 10.2. The summed E-state index contributed by atoms with van der Waals surface area (Å²) in [4.78, 5) is 26.0. The molecule has 0 bridgehead atoms. The average Bonchev–Trinajstić information content (AvgIpc) is 2.81. The average molecular weight is 281 g/mol. The molecule has 21 heavy (non-hydrogen) atoms. The van der Waals surface area contributed by atoms with Crippen LogP contribution in [0.4, 0.5) is 0 Å². The standard InChI is InChI=1S/C16H13NO2.C2H6/c1-11(12-7-3-2-4-8-12)17-15(18)13-9-5-6-10-14(13)16(17)19;1-2/h2-11H,1H3;1-2H3. The van der Waals surface area contributed by atoms with Gasteiger partial charge in [0.25, 0.3) is 11.8 Å². The Morgan fingerprint density at radius 1 is 0.762 bits per heavy atom. The molecule has 1 aliphatic rings. The number of hydrogen-bond donors (Lipinski definition) is 0. The molecule has 0 fully saturated rings. The van der Waals surface area contributed by atoms with Crippen LogP contribution in [0.5, 0.6) is 0 Å². The fourth-order valence-electron chi connectivity index (χ4n) is 2.44. The number of rotatable bonds is 2. The summed E-state index contributed by atoms with van der Waals surface area (Å²) in [6.07, 6.45) is 0. The van der Waals surface area contributed by atoms with Crippen LogP contribution < -0.4 is 0 Å². The molecule has 0 aromatic heterocycles. The lowest BCUT2D eigenvalue weighted by Gasteiger charge is -2.22. The molecular formula is C18H19NO2. The zero-order valence-corrected chi connectivity index (χ0v) is 12.5. The number of hydrogen-bond acceptors (Lipinski definition) is 2. The lowest BCUT2D eigenvalue weighted by atomic mass is 10.1.